The molecule has 1 aromatic carbocycles. The standard InChI is InChI=1S/C17H24N2O3/c1-17(2,12-20)15(13-6-4-3-5-7-13)22-16(21)19-14-8-10-18-11-9-14/h3-7,12,14-15,18H,8-11H2,1-2H3,(H,19,21). The molecule has 5 nitrogen and oxygen atoms in total. The van der Waals surface area contributed by atoms with Crippen LogP contribution in [-0.4, -0.2) is 31.5 Å². The van der Waals surface area contributed by atoms with Gasteiger partial charge in [0.2, 0.25) is 0 Å². The molecule has 1 unspecified atom stereocenters. The van der Waals surface area contributed by atoms with Crippen LogP contribution in [0.25, 0.3) is 0 Å². The first-order chi connectivity index (χ1) is 10.5. The molecule has 5 heteroatoms. The third kappa shape index (κ3) is 4.31. The van der Waals surface area contributed by atoms with Crippen molar-refractivity contribution in [2.24, 2.45) is 5.41 Å². The third-order valence-corrected chi connectivity index (χ3v) is 3.97. The van der Waals surface area contributed by atoms with Gasteiger partial charge >= 0.3 is 6.09 Å². The fourth-order valence-corrected chi connectivity index (χ4v) is 2.61. The van der Waals surface area contributed by atoms with Gasteiger partial charge in [-0.2, -0.15) is 0 Å². The second-order valence-electron chi connectivity index (χ2n) is 6.30. The number of aldehydes is 1. The van der Waals surface area contributed by atoms with E-state index in [1.54, 1.807) is 13.8 Å². The number of rotatable bonds is 5. The van der Waals surface area contributed by atoms with E-state index in [-0.39, 0.29) is 6.04 Å². The summed E-state index contributed by atoms with van der Waals surface area (Å²) in [5.41, 5.74) is 0.0346. The van der Waals surface area contributed by atoms with Gasteiger partial charge in [-0.25, -0.2) is 4.79 Å². The van der Waals surface area contributed by atoms with Crippen molar-refractivity contribution in [3.05, 3.63) is 35.9 Å². The summed E-state index contributed by atoms with van der Waals surface area (Å²) in [4.78, 5) is 23.6. The molecule has 0 aliphatic carbocycles. The maximum atomic E-state index is 12.2. The summed E-state index contributed by atoms with van der Waals surface area (Å²) in [7, 11) is 0. The lowest BCUT2D eigenvalue weighted by molar-refractivity contribution is -0.120. The first-order valence-electron chi connectivity index (χ1n) is 7.72. The van der Waals surface area contributed by atoms with E-state index in [9.17, 15) is 9.59 Å². The first-order valence-corrected chi connectivity index (χ1v) is 7.72. The zero-order chi connectivity index (χ0) is 16.0. The number of hydrogen-bond donors (Lipinski definition) is 2. The molecule has 2 rings (SSSR count). The largest absolute Gasteiger partial charge is 0.440 e. The molecule has 1 atom stereocenters. The van der Waals surface area contributed by atoms with Gasteiger partial charge in [0, 0.05) is 6.04 Å². The zero-order valence-corrected chi connectivity index (χ0v) is 13.2. The Morgan fingerprint density at radius 3 is 2.55 bits per heavy atom. The molecule has 22 heavy (non-hydrogen) atoms. The first kappa shape index (κ1) is 16.5. The Morgan fingerprint density at radius 2 is 1.95 bits per heavy atom. The topological polar surface area (TPSA) is 67.4 Å². The van der Waals surface area contributed by atoms with Crippen LogP contribution in [0, 0.1) is 5.41 Å². The molecular formula is C17H24N2O3. The summed E-state index contributed by atoms with van der Waals surface area (Å²) >= 11 is 0. The van der Waals surface area contributed by atoms with Crippen LogP contribution in [0.5, 0.6) is 0 Å². The number of benzene rings is 1. The van der Waals surface area contributed by atoms with E-state index in [4.69, 9.17) is 4.74 Å². The Morgan fingerprint density at radius 1 is 1.32 bits per heavy atom. The number of amides is 1. The van der Waals surface area contributed by atoms with Crippen molar-refractivity contribution >= 4 is 12.4 Å². The van der Waals surface area contributed by atoms with E-state index in [2.05, 4.69) is 10.6 Å². The molecule has 1 aliphatic heterocycles. The zero-order valence-electron chi connectivity index (χ0n) is 13.2. The van der Waals surface area contributed by atoms with Crippen LogP contribution >= 0.6 is 0 Å². The average molecular weight is 304 g/mol. The van der Waals surface area contributed by atoms with Crippen molar-refractivity contribution in [2.75, 3.05) is 13.1 Å². The molecule has 0 saturated carbocycles. The summed E-state index contributed by atoms with van der Waals surface area (Å²) in [5.74, 6) is 0. The van der Waals surface area contributed by atoms with Crippen LogP contribution in [0.3, 0.4) is 0 Å². The number of hydrogen-bond acceptors (Lipinski definition) is 4. The number of ether oxygens (including phenoxy) is 1. The van der Waals surface area contributed by atoms with E-state index in [1.807, 2.05) is 30.3 Å². The van der Waals surface area contributed by atoms with Gasteiger partial charge in [-0.1, -0.05) is 30.3 Å². The summed E-state index contributed by atoms with van der Waals surface area (Å²) in [6.45, 7) is 5.34. The van der Waals surface area contributed by atoms with E-state index in [1.165, 1.54) is 0 Å². The highest BCUT2D eigenvalue weighted by Gasteiger charge is 2.34. The molecular weight excluding hydrogens is 280 g/mol. The third-order valence-electron chi connectivity index (χ3n) is 3.97. The molecule has 2 N–H and O–H groups in total. The minimum Gasteiger partial charge on any atom is -0.440 e. The Balaban J connectivity index is 2.06. The van der Waals surface area contributed by atoms with Gasteiger partial charge in [-0.3, -0.25) is 0 Å². The SMILES string of the molecule is CC(C)(C=O)C(OC(=O)NC1CCNCC1)c1ccccc1. The Bertz CT molecular complexity index is 496. The van der Waals surface area contributed by atoms with Gasteiger partial charge < -0.3 is 20.2 Å². The van der Waals surface area contributed by atoms with Gasteiger partial charge in [0.25, 0.3) is 0 Å². The molecule has 1 fully saturated rings. The maximum absolute atomic E-state index is 12.2. The van der Waals surface area contributed by atoms with Crippen molar-refractivity contribution in [3.63, 3.8) is 0 Å². The molecule has 120 valence electrons. The molecule has 0 radical (unpaired) electrons. The molecule has 1 heterocycles. The van der Waals surface area contributed by atoms with E-state index in [0.717, 1.165) is 37.8 Å². The summed E-state index contributed by atoms with van der Waals surface area (Å²) in [6.07, 6.45) is 1.55. The van der Waals surface area contributed by atoms with E-state index < -0.39 is 17.6 Å². The fraction of sp³-hybridized carbons (Fsp3) is 0.529. The van der Waals surface area contributed by atoms with Crippen molar-refractivity contribution in [1.29, 1.82) is 0 Å². The number of carbonyl (C=O) groups is 2. The number of carbonyl (C=O) groups excluding carboxylic acids is 2. The number of nitrogens with one attached hydrogen (secondary N) is 2. The smallest absolute Gasteiger partial charge is 0.407 e. The van der Waals surface area contributed by atoms with Crippen molar-refractivity contribution in [3.8, 4) is 0 Å². The van der Waals surface area contributed by atoms with Gasteiger partial charge in [0.05, 0.1) is 5.41 Å². The fourth-order valence-electron chi connectivity index (χ4n) is 2.61. The summed E-state index contributed by atoms with van der Waals surface area (Å²) in [6, 6.07) is 9.50. The average Bonchev–Trinajstić information content (AvgIpc) is 2.54. The van der Waals surface area contributed by atoms with Crippen LogP contribution in [0.15, 0.2) is 30.3 Å². The highest BCUT2D eigenvalue weighted by atomic mass is 16.6. The van der Waals surface area contributed by atoms with E-state index in [0.29, 0.717) is 0 Å². The van der Waals surface area contributed by atoms with Crippen LogP contribution in [0.4, 0.5) is 4.79 Å². The maximum Gasteiger partial charge on any atom is 0.407 e. The van der Waals surface area contributed by atoms with Crippen LogP contribution < -0.4 is 10.6 Å². The Hall–Kier alpha value is -1.88. The van der Waals surface area contributed by atoms with Gasteiger partial charge in [-0.05, 0) is 45.3 Å². The molecule has 0 bridgehead atoms. The lowest BCUT2D eigenvalue weighted by Crippen LogP contribution is -2.44. The van der Waals surface area contributed by atoms with Gasteiger partial charge in [0.15, 0.2) is 0 Å². The molecule has 1 aliphatic rings. The molecule has 1 amide bonds. The predicted octanol–water partition coefficient (Wildman–Crippen LogP) is 2.43. The predicted molar refractivity (Wildman–Crippen MR) is 84.5 cm³/mol. The number of piperidine rings is 1. The van der Waals surface area contributed by atoms with Gasteiger partial charge in [0.1, 0.15) is 12.4 Å². The quantitative estimate of drug-likeness (QED) is 0.820. The van der Waals surface area contributed by atoms with Crippen molar-refractivity contribution in [1.82, 2.24) is 10.6 Å². The molecule has 1 aromatic rings. The minimum atomic E-state index is -0.785. The second kappa shape index (κ2) is 7.40. The Kier molecular flexibility index (Phi) is 5.55. The molecule has 0 spiro atoms. The number of alkyl carbamates (subject to hydrolysis) is 1. The molecule has 1 saturated heterocycles. The second-order valence-corrected chi connectivity index (χ2v) is 6.30. The van der Waals surface area contributed by atoms with Crippen LogP contribution in [0.1, 0.15) is 38.4 Å². The summed E-state index contributed by atoms with van der Waals surface area (Å²) < 4.78 is 5.59. The highest BCUT2D eigenvalue weighted by molar-refractivity contribution is 5.69. The van der Waals surface area contributed by atoms with Crippen molar-refractivity contribution in [2.45, 2.75) is 38.8 Å². The van der Waals surface area contributed by atoms with E-state index >= 15 is 0 Å². The van der Waals surface area contributed by atoms with Crippen LogP contribution in [0.2, 0.25) is 0 Å². The Labute approximate surface area is 131 Å². The van der Waals surface area contributed by atoms with Crippen molar-refractivity contribution < 1.29 is 14.3 Å². The lowest BCUT2D eigenvalue weighted by atomic mass is 9.84. The lowest BCUT2D eigenvalue weighted by Gasteiger charge is -2.31. The van der Waals surface area contributed by atoms with Crippen LogP contribution in [-0.2, 0) is 9.53 Å². The monoisotopic (exact) mass is 304 g/mol. The minimum absolute atomic E-state index is 0.129. The molecule has 0 aromatic heterocycles. The van der Waals surface area contributed by atoms with Gasteiger partial charge in [-0.15, -0.1) is 0 Å². The summed E-state index contributed by atoms with van der Waals surface area (Å²) in [5, 5.41) is 6.15. The normalized spacial score (nSPS) is 17.5. The highest BCUT2D eigenvalue weighted by Crippen LogP contribution is 2.34.